The molecule has 0 saturated heterocycles. The predicted octanol–water partition coefficient (Wildman–Crippen LogP) is 3.05. The highest BCUT2D eigenvalue weighted by atomic mass is 32.1. The number of hydrogen-bond acceptors (Lipinski definition) is 5. The lowest BCUT2D eigenvalue weighted by molar-refractivity contribution is 0.0754. The van der Waals surface area contributed by atoms with Gasteiger partial charge in [0, 0.05) is 37.0 Å². The number of carbonyl (C=O) groups excluding carboxylic acids is 1. The fourth-order valence-corrected chi connectivity index (χ4v) is 4.10. The van der Waals surface area contributed by atoms with Crippen LogP contribution in [-0.2, 0) is 19.4 Å². The van der Waals surface area contributed by atoms with Crippen molar-refractivity contribution in [3.8, 4) is 11.4 Å². The first-order chi connectivity index (χ1) is 12.8. The van der Waals surface area contributed by atoms with Crippen LogP contribution in [0.15, 0.2) is 35.7 Å². The zero-order chi connectivity index (χ0) is 17.9. The van der Waals surface area contributed by atoms with Crippen molar-refractivity contribution in [2.75, 3.05) is 13.1 Å². The molecule has 0 saturated carbocycles. The van der Waals surface area contributed by atoms with Gasteiger partial charge in [-0.15, -0.1) is 21.5 Å². The van der Waals surface area contributed by atoms with Crippen LogP contribution in [0.2, 0.25) is 0 Å². The molecule has 0 unspecified atom stereocenters. The standard InChI is InChI=1S/C19H21N5OS/c1-2-6-17-20-15(13-26-17)19(25)23-10-9-16-21-22-18(24(16)12-11-23)14-7-4-3-5-8-14/h3-5,7-8,13H,2,6,9-12H2,1H3. The van der Waals surface area contributed by atoms with Crippen LogP contribution in [0.3, 0.4) is 0 Å². The molecule has 0 fully saturated rings. The number of nitrogens with zero attached hydrogens (tertiary/aromatic N) is 5. The molecule has 0 radical (unpaired) electrons. The summed E-state index contributed by atoms with van der Waals surface area (Å²) in [5.74, 6) is 1.82. The molecule has 1 aromatic carbocycles. The van der Waals surface area contributed by atoms with Gasteiger partial charge < -0.3 is 9.47 Å². The molecule has 26 heavy (non-hydrogen) atoms. The van der Waals surface area contributed by atoms with Gasteiger partial charge in [-0.2, -0.15) is 0 Å². The number of thiazole rings is 1. The van der Waals surface area contributed by atoms with Crippen LogP contribution < -0.4 is 0 Å². The second-order valence-electron chi connectivity index (χ2n) is 6.38. The number of amides is 1. The normalized spacial score (nSPS) is 14.1. The highest BCUT2D eigenvalue weighted by molar-refractivity contribution is 7.09. The van der Waals surface area contributed by atoms with E-state index >= 15 is 0 Å². The average molecular weight is 367 g/mol. The monoisotopic (exact) mass is 367 g/mol. The Hall–Kier alpha value is -2.54. The van der Waals surface area contributed by atoms with Gasteiger partial charge in [0.05, 0.1) is 5.01 Å². The number of aryl methyl sites for hydroxylation is 1. The van der Waals surface area contributed by atoms with Crippen molar-refractivity contribution in [2.24, 2.45) is 0 Å². The van der Waals surface area contributed by atoms with Crippen molar-refractivity contribution < 1.29 is 4.79 Å². The maximum atomic E-state index is 12.8. The van der Waals surface area contributed by atoms with E-state index in [1.54, 1.807) is 11.3 Å². The van der Waals surface area contributed by atoms with Crippen LogP contribution in [-0.4, -0.2) is 43.6 Å². The molecular weight excluding hydrogens is 346 g/mol. The highest BCUT2D eigenvalue weighted by Gasteiger charge is 2.24. The van der Waals surface area contributed by atoms with E-state index < -0.39 is 0 Å². The summed E-state index contributed by atoms with van der Waals surface area (Å²) in [7, 11) is 0. The fourth-order valence-electron chi connectivity index (χ4n) is 3.23. The van der Waals surface area contributed by atoms with Crippen molar-refractivity contribution >= 4 is 17.2 Å². The Morgan fingerprint density at radius 1 is 1.15 bits per heavy atom. The zero-order valence-corrected chi connectivity index (χ0v) is 15.6. The van der Waals surface area contributed by atoms with Gasteiger partial charge in [0.2, 0.25) is 0 Å². The van der Waals surface area contributed by atoms with Crippen LogP contribution >= 0.6 is 11.3 Å². The van der Waals surface area contributed by atoms with Gasteiger partial charge in [-0.1, -0.05) is 37.3 Å². The summed E-state index contributed by atoms with van der Waals surface area (Å²) >= 11 is 1.57. The fraction of sp³-hybridized carbons (Fsp3) is 0.368. The highest BCUT2D eigenvalue weighted by Crippen LogP contribution is 2.21. The molecule has 0 aliphatic carbocycles. The molecular formula is C19H21N5OS. The van der Waals surface area contributed by atoms with E-state index in [1.807, 2.05) is 40.6 Å². The summed E-state index contributed by atoms with van der Waals surface area (Å²) in [5.41, 5.74) is 1.62. The van der Waals surface area contributed by atoms with E-state index in [0.29, 0.717) is 31.7 Å². The van der Waals surface area contributed by atoms with Crippen LogP contribution in [0, 0.1) is 0 Å². The van der Waals surface area contributed by atoms with Gasteiger partial charge in [0.25, 0.3) is 5.91 Å². The lowest BCUT2D eigenvalue weighted by Crippen LogP contribution is -2.34. The zero-order valence-electron chi connectivity index (χ0n) is 14.8. The third kappa shape index (κ3) is 3.26. The summed E-state index contributed by atoms with van der Waals surface area (Å²) in [6, 6.07) is 10.1. The van der Waals surface area contributed by atoms with Crippen LogP contribution in [0.1, 0.15) is 34.7 Å². The average Bonchev–Trinajstić information content (AvgIpc) is 3.25. The minimum atomic E-state index is 0.0172. The third-order valence-corrected chi connectivity index (χ3v) is 5.49. The first-order valence-corrected chi connectivity index (χ1v) is 9.85. The Kier molecular flexibility index (Phi) is 4.79. The lowest BCUT2D eigenvalue weighted by Gasteiger charge is -2.18. The maximum Gasteiger partial charge on any atom is 0.273 e. The Bertz CT molecular complexity index is 902. The number of carbonyl (C=O) groups is 1. The molecule has 0 N–H and O–H groups in total. The maximum absolute atomic E-state index is 12.8. The molecule has 3 heterocycles. The smallest absolute Gasteiger partial charge is 0.273 e. The third-order valence-electron chi connectivity index (χ3n) is 4.58. The minimum Gasteiger partial charge on any atom is -0.335 e. The number of hydrogen-bond donors (Lipinski definition) is 0. The summed E-state index contributed by atoms with van der Waals surface area (Å²) in [5, 5.41) is 11.6. The van der Waals surface area contributed by atoms with Gasteiger partial charge in [-0.25, -0.2) is 4.98 Å². The molecule has 3 aromatic rings. The van der Waals surface area contributed by atoms with Crippen molar-refractivity contribution in [1.29, 1.82) is 0 Å². The molecule has 1 aliphatic rings. The van der Waals surface area contributed by atoms with Gasteiger partial charge >= 0.3 is 0 Å². The van der Waals surface area contributed by atoms with E-state index in [9.17, 15) is 4.79 Å². The van der Waals surface area contributed by atoms with Crippen molar-refractivity contribution in [1.82, 2.24) is 24.6 Å². The molecule has 0 atom stereocenters. The molecule has 0 spiro atoms. The first kappa shape index (κ1) is 16.9. The topological polar surface area (TPSA) is 63.9 Å². The number of fused-ring (bicyclic) bond motifs is 1. The first-order valence-electron chi connectivity index (χ1n) is 8.97. The second kappa shape index (κ2) is 7.37. The van der Waals surface area contributed by atoms with E-state index in [0.717, 1.165) is 35.1 Å². The van der Waals surface area contributed by atoms with E-state index in [1.165, 1.54) is 0 Å². The van der Waals surface area contributed by atoms with Crippen molar-refractivity contribution in [3.63, 3.8) is 0 Å². The summed E-state index contributed by atoms with van der Waals surface area (Å²) in [6.45, 7) is 4.11. The van der Waals surface area contributed by atoms with E-state index in [2.05, 4.69) is 26.7 Å². The van der Waals surface area contributed by atoms with E-state index in [4.69, 9.17) is 0 Å². The Morgan fingerprint density at radius 2 is 2.00 bits per heavy atom. The second-order valence-corrected chi connectivity index (χ2v) is 7.32. The predicted molar refractivity (Wildman–Crippen MR) is 101 cm³/mol. The molecule has 1 aliphatic heterocycles. The van der Waals surface area contributed by atoms with E-state index in [-0.39, 0.29) is 5.91 Å². The molecule has 4 rings (SSSR count). The molecule has 0 bridgehead atoms. The summed E-state index contributed by atoms with van der Waals surface area (Å²) in [6.07, 6.45) is 2.68. The quantitative estimate of drug-likeness (QED) is 0.711. The lowest BCUT2D eigenvalue weighted by atomic mass is 10.2. The molecule has 7 heteroatoms. The largest absolute Gasteiger partial charge is 0.335 e. The number of rotatable bonds is 4. The van der Waals surface area contributed by atoms with Gasteiger partial charge in [-0.3, -0.25) is 4.79 Å². The van der Waals surface area contributed by atoms with Gasteiger partial charge in [0.15, 0.2) is 5.82 Å². The molecule has 6 nitrogen and oxygen atoms in total. The van der Waals surface area contributed by atoms with Gasteiger partial charge in [-0.05, 0) is 12.8 Å². The summed E-state index contributed by atoms with van der Waals surface area (Å²) < 4.78 is 2.13. The molecule has 134 valence electrons. The van der Waals surface area contributed by atoms with Crippen LogP contribution in [0.5, 0.6) is 0 Å². The summed E-state index contributed by atoms with van der Waals surface area (Å²) in [4.78, 5) is 19.2. The molecule has 2 aromatic heterocycles. The minimum absolute atomic E-state index is 0.0172. The Morgan fingerprint density at radius 3 is 2.81 bits per heavy atom. The van der Waals surface area contributed by atoms with Crippen molar-refractivity contribution in [2.45, 2.75) is 32.7 Å². The Balaban J connectivity index is 1.51. The number of benzene rings is 1. The van der Waals surface area contributed by atoms with Crippen LogP contribution in [0.25, 0.3) is 11.4 Å². The Labute approximate surface area is 156 Å². The molecule has 1 amide bonds. The van der Waals surface area contributed by atoms with Gasteiger partial charge in [0.1, 0.15) is 11.5 Å². The van der Waals surface area contributed by atoms with Crippen LogP contribution in [0.4, 0.5) is 0 Å². The number of aromatic nitrogens is 4. The SMILES string of the molecule is CCCc1nc(C(=O)N2CCc3nnc(-c4ccccc4)n3CC2)cs1. The van der Waals surface area contributed by atoms with Crippen molar-refractivity contribution in [3.05, 3.63) is 52.2 Å².